The first-order valence-corrected chi connectivity index (χ1v) is 24.1. The van der Waals surface area contributed by atoms with E-state index in [1.54, 1.807) is 36.5 Å². The molecule has 6 heteroatoms. The summed E-state index contributed by atoms with van der Waals surface area (Å²) in [7, 11) is 0.0162. The van der Waals surface area contributed by atoms with Crippen LogP contribution in [-0.4, -0.2) is 32.8 Å². The molecule has 0 aliphatic rings. The average molecular weight is 1120 g/mol. The molecule has 6 aromatic carbocycles. The summed E-state index contributed by atoms with van der Waals surface area (Å²) in [5, 5.41) is 1.35. The molecule has 0 bridgehead atoms. The van der Waals surface area contributed by atoms with Gasteiger partial charge in [0.15, 0.2) is 17.3 Å². The smallest absolute Gasteiger partial charge is 0.178 e. The van der Waals surface area contributed by atoms with E-state index in [1.807, 2.05) is 218 Å². The van der Waals surface area contributed by atoms with E-state index in [4.69, 9.17) is 0 Å². The SMILES string of the molecule is CC(C)(C)P(C(C)(C)C)C(C)(C)C.O=C(/C=C/c1ccccc1)/C=C/c1ccccc1.O=C(/C=C/c1ccccc1)/C=C/c1ccccc1.O=C(/C=C/c1ccccc1)/C=C/c1ccccc1.[Pd].[Pd]. The first kappa shape index (κ1) is 61.5. The molecule has 0 aliphatic carbocycles. The number of hydrogen-bond donors (Lipinski definition) is 0. The second-order valence-electron chi connectivity index (χ2n) is 18.5. The van der Waals surface area contributed by atoms with Crippen LogP contribution in [0.15, 0.2) is 218 Å². The minimum absolute atomic E-state index is 0. The summed E-state index contributed by atoms with van der Waals surface area (Å²) in [6.45, 7) is 21.5. The summed E-state index contributed by atoms with van der Waals surface area (Å²) in [5.41, 5.74) is 6.16. The van der Waals surface area contributed by atoms with Crippen LogP contribution in [0.2, 0.25) is 0 Å². The van der Waals surface area contributed by atoms with Gasteiger partial charge in [-0.1, -0.05) is 289 Å². The molecule has 6 aromatic rings. The third-order valence-electron chi connectivity index (χ3n) is 9.45. The van der Waals surface area contributed by atoms with E-state index in [1.165, 1.54) is 0 Å². The van der Waals surface area contributed by atoms with Gasteiger partial charge in [-0.15, -0.1) is 0 Å². The van der Waals surface area contributed by atoms with Crippen LogP contribution in [0.1, 0.15) is 95.7 Å². The topological polar surface area (TPSA) is 51.2 Å². The van der Waals surface area contributed by atoms with Crippen molar-refractivity contribution in [3.63, 3.8) is 0 Å². The normalized spacial score (nSPS) is 11.6. The Morgan fingerprint density at radius 1 is 0.275 bits per heavy atom. The third-order valence-corrected chi connectivity index (χ3v) is 13.5. The summed E-state index contributed by atoms with van der Waals surface area (Å²) in [6, 6.07) is 58.7. The third kappa shape index (κ3) is 28.0. The molecule has 0 aromatic heterocycles. The van der Waals surface area contributed by atoms with Gasteiger partial charge >= 0.3 is 0 Å². The summed E-state index contributed by atoms with van der Waals surface area (Å²) in [5.74, 6) is -0.0341. The van der Waals surface area contributed by atoms with E-state index < -0.39 is 0 Å². The average Bonchev–Trinajstić information content (AvgIpc) is 3.31. The molecule has 0 unspecified atom stereocenters. The van der Waals surface area contributed by atoms with Crippen molar-refractivity contribution < 1.29 is 55.2 Å². The zero-order valence-electron chi connectivity index (χ0n) is 41.6. The van der Waals surface area contributed by atoms with E-state index in [9.17, 15) is 14.4 Å². The Bertz CT molecular complexity index is 2080. The van der Waals surface area contributed by atoms with Gasteiger partial charge in [-0.05, 0) is 85.3 Å². The zero-order valence-corrected chi connectivity index (χ0v) is 45.6. The Labute approximate surface area is 443 Å². The van der Waals surface area contributed by atoms with Gasteiger partial charge in [0.2, 0.25) is 0 Å². The molecule has 0 radical (unpaired) electrons. The predicted octanol–water partition coefficient (Wildman–Crippen LogP) is 16.8. The van der Waals surface area contributed by atoms with Crippen molar-refractivity contribution >= 4 is 61.7 Å². The van der Waals surface area contributed by atoms with E-state index in [-0.39, 0.29) is 66.1 Å². The molecule has 0 spiro atoms. The molecule has 0 saturated carbocycles. The standard InChI is InChI=1S/3C17H14O.C12H27P.2Pd/c3*18-17(13-11-15-7-3-1-4-8-15)14-12-16-9-5-2-6-10-16;1-10(2,3)13(11(4,5)6)12(7,8)9;;/h3*1-14H;1-9H3;;/b3*13-11+,14-12+;;;. The Hall–Kier alpha value is -5.48. The molecule has 69 heavy (non-hydrogen) atoms. The van der Waals surface area contributed by atoms with Crippen LogP contribution in [0.3, 0.4) is 0 Å². The largest absolute Gasteiger partial charge is 0.290 e. The molecule has 0 N–H and O–H groups in total. The van der Waals surface area contributed by atoms with Gasteiger partial charge in [-0.2, -0.15) is 0 Å². The van der Waals surface area contributed by atoms with Crippen LogP contribution in [0.5, 0.6) is 0 Å². The van der Waals surface area contributed by atoms with Crippen molar-refractivity contribution in [3.8, 4) is 0 Å². The minimum Gasteiger partial charge on any atom is -0.290 e. The fourth-order valence-electron chi connectivity index (χ4n) is 7.64. The Kier molecular flexibility index (Phi) is 29.5. The maximum absolute atomic E-state index is 11.6. The quantitative estimate of drug-likeness (QED) is 0.0697. The molecule has 364 valence electrons. The zero-order chi connectivity index (χ0) is 49.0. The van der Waals surface area contributed by atoms with E-state index in [0.717, 1.165) is 33.4 Å². The van der Waals surface area contributed by atoms with Crippen LogP contribution in [0, 0.1) is 0 Å². The molecule has 0 amide bonds. The van der Waals surface area contributed by atoms with Crippen molar-refractivity contribution in [2.75, 3.05) is 0 Å². The summed E-state index contributed by atoms with van der Waals surface area (Å²) in [4.78, 5) is 34.8. The first-order chi connectivity index (χ1) is 31.9. The van der Waals surface area contributed by atoms with Crippen molar-refractivity contribution in [3.05, 3.63) is 252 Å². The Balaban J connectivity index is 0.000000460. The summed E-state index contributed by atoms with van der Waals surface area (Å²) >= 11 is 0. The van der Waals surface area contributed by atoms with E-state index in [2.05, 4.69) is 62.3 Å². The van der Waals surface area contributed by atoms with Gasteiger partial charge in [-0.25, -0.2) is 0 Å². The molecular formula is C63H69O3PPd2. The van der Waals surface area contributed by atoms with Crippen LogP contribution in [0.25, 0.3) is 36.5 Å². The van der Waals surface area contributed by atoms with Crippen molar-refractivity contribution in [1.29, 1.82) is 0 Å². The molecule has 0 atom stereocenters. The maximum Gasteiger partial charge on any atom is 0.178 e. The van der Waals surface area contributed by atoms with E-state index in [0.29, 0.717) is 15.5 Å². The molecule has 0 saturated heterocycles. The van der Waals surface area contributed by atoms with Gasteiger partial charge in [0, 0.05) is 40.8 Å². The van der Waals surface area contributed by atoms with E-state index >= 15 is 0 Å². The van der Waals surface area contributed by atoms with Crippen LogP contribution in [-0.2, 0) is 55.2 Å². The van der Waals surface area contributed by atoms with Gasteiger partial charge in [0.1, 0.15) is 0 Å². The van der Waals surface area contributed by atoms with Gasteiger partial charge in [0.25, 0.3) is 0 Å². The first-order valence-electron chi connectivity index (χ1n) is 22.7. The Morgan fingerprint density at radius 3 is 0.507 bits per heavy atom. The number of benzene rings is 6. The Morgan fingerprint density at radius 2 is 0.406 bits per heavy atom. The summed E-state index contributed by atoms with van der Waals surface area (Å²) in [6.07, 6.45) is 20.4. The summed E-state index contributed by atoms with van der Waals surface area (Å²) < 4.78 is 0. The van der Waals surface area contributed by atoms with Gasteiger partial charge in [-0.3, -0.25) is 14.4 Å². The van der Waals surface area contributed by atoms with Gasteiger partial charge < -0.3 is 0 Å². The fourth-order valence-corrected chi connectivity index (χ4v) is 13.7. The minimum atomic E-state index is -0.0114. The molecule has 0 aliphatic heterocycles. The monoisotopic (exact) mass is 1120 g/mol. The van der Waals surface area contributed by atoms with Crippen molar-refractivity contribution in [1.82, 2.24) is 0 Å². The number of carbonyl (C=O) groups excluding carboxylic acids is 3. The fraction of sp³-hybridized carbons (Fsp3) is 0.190. The van der Waals surface area contributed by atoms with Crippen LogP contribution in [0.4, 0.5) is 0 Å². The van der Waals surface area contributed by atoms with Crippen molar-refractivity contribution in [2.45, 2.75) is 77.8 Å². The predicted molar refractivity (Wildman–Crippen MR) is 294 cm³/mol. The number of allylic oxidation sites excluding steroid dienone is 6. The second kappa shape index (κ2) is 33.1. The molecule has 6 rings (SSSR count). The molecule has 0 fully saturated rings. The molecule has 0 heterocycles. The number of rotatable bonds is 12. The molecule has 3 nitrogen and oxygen atoms in total. The number of ketones is 3. The number of hydrogen-bond acceptors (Lipinski definition) is 3. The van der Waals surface area contributed by atoms with Crippen LogP contribution >= 0.6 is 7.92 Å². The van der Waals surface area contributed by atoms with Crippen LogP contribution < -0.4 is 0 Å². The second-order valence-corrected chi connectivity index (χ2v) is 23.2. The van der Waals surface area contributed by atoms with Gasteiger partial charge in [0.05, 0.1) is 0 Å². The van der Waals surface area contributed by atoms with Crippen molar-refractivity contribution in [2.24, 2.45) is 0 Å². The number of carbonyl (C=O) groups is 3. The molecular weight excluding hydrogens is 1050 g/mol. The maximum atomic E-state index is 11.6.